The zero-order valence-corrected chi connectivity index (χ0v) is 15.3. The molecule has 0 aliphatic heterocycles. The van der Waals surface area contributed by atoms with E-state index in [9.17, 15) is 8.42 Å². The third kappa shape index (κ3) is 3.74. The van der Waals surface area contributed by atoms with E-state index in [0.717, 1.165) is 5.56 Å². The van der Waals surface area contributed by atoms with Crippen molar-refractivity contribution in [2.24, 2.45) is 0 Å². The number of benzene rings is 1. The Hall–Kier alpha value is -2.61. The molecule has 0 spiro atoms. The van der Waals surface area contributed by atoms with Crippen LogP contribution >= 0.6 is 0 Å². The molecule has 0 fully saturated rings. The van der Waals surface area contributed by atoms with Gasteiger partial charge in [-0.25, -0.2) is 8.42 Å². The highest BCUT2D eigenvalue weighted by molar-refractivity contribution is 7.92. The van der Waals surface area contributed by atoms with Crippen LogP contribution < -0.4 is 4.72 Å². The highest BCUT2D eigenvalue weighted by Crippen LogP contribution is 2.18. The standard InChI is InChI=1S/C17H21N5O2S/c1-4-22-14(3)16(11-18-22)25(23,24)20-17-9-10-21(19-17)12-15-7-5-13(2)6-8-15/h5-11H,4,12H2,1-3H3,(H,19,20). The Kier molecular flexibility index (Phi) is 4.63. The number of aryl methyl sites for hydroxylation is 2. The Bertz CT molecular complexity index is 971. The molecule has 0 saturated carbocycles. The fourth-order valence-corrected chi connectivity index (χ4v) is 3.76. The maximum atomic E-state index is 12.5. The third-order valence-electron chi connectivity index (χ3n) is 3.99. The molecular weight excluding hydrogens is 338 g/mol. The van der Waals surface area contributed by atoms with Crippen molar-refractivity contribution in [1.82, 2.24) is 19.6 Å². The zero-order chi connectivity index (χ0) is 18.0. The quantitative estimate of drug-likeness (QED) is 0.733. The first-order valence-corrected chi connectivity index (χ1v) is 9.51. The van der Waals surface area contributed by atoms with E-state index in [1.165, 1.54) is 11.8 Å². The van der Waals surface area contributed by atoms with Gasteiger partial charge in [0.2, 0.25) is 0 Å². The lowest BCUT2D eigenvalue weighted by molar-refractivity contribution is 0.598. The predicted octanol–water partition coefficient (Wildman–Crippen LogP) is 2.57. The van der Waals surface area contributed by atoms with E-state index in [-0.39, 0.29) is 10.7 Å². The SMILES string of the molecule is CCn1ncc(S(=O)(=O)Nc2ccn(Cc3ccc(C)cc3)n2)c1C. The summed E-state index contributed by atoms with van der Waals surface area (Å²) in [5.41, 5.74) is 2.90. The first-order chi connectivity index (χ1) is 11.9. The van der Waals surface area contributed by atoms with Gasteiger partial charge in [0.15, 0.2) is 5.82 Å². The van der Waals surface area contributed by atoms with E-state index < -0.39 is 10.0 Å². The van der Waals surface area contributed by atoms with Crippen LogP contribution in [-0.2, 0) is 23.1 Å². The molecule has 0 saturated heterocycles. The topological polar surface area (TPSA) is 81.8 Å². The largest absolute Gasteiger partial charge is 0.269 e. The molecule has 0 bridgehead atoms. The monoisotopic (exact) mass is 359 g/mol. The third-order valence-corrected chi connectivity index (χ3v) is 5.45. The van der Waals surface area contributed by atoms with Crippen molar-refractivity contribution in [2.45, 2.75) is 38.8 Å². The molecule has 3 rings (SSSR count). The van der Waals surface area contributed by atoms with E-state index in [4.69, 9.17) is 0 Å². The molecule has 0 radical (unpaired) electrons. The van der Waals surface area contributed by atoms with E-state index in [1.807, 2.05) is 38.1 Å². The maximum Gasteiger partial charge on any atom is 0.266 e. The summed E-state index contributed by atoms with van der Waals surface area (Å²) in [5.74, 6) is 0.288. The second-order valence-electron chi connectivity index (χ2n) is 5.90. The lowest BCUT2D eigenvalue weighted by atomic mass is 10.1. The summed E-state index contributed by atoms with van der Waals surface area (Å²) in [6.07, 6.45) is 3.12. The molecule has 0 amide bonds. The normalized spacial score (nSPS) is 11.6. The lowest BCUT2D eigenvalue weighted by Crippen LogP contribution is -2.15. The van der Waals surface area contributed by atoms with Gasteiger partial charge in [-0.3, -0.25) is 14.1 Å². The van der Waals surface area contributed by atoms with Gasteiger partial charge < -0.3 is 0 Å². The average molecular weight is 359 g/mol. The summed E-state index contributed by atoms with van der Waals surface area (Å²) in [6, 6.07) is 9.78. The van der Waals surface area contributed by atoms with Gasteiger partial charge in [-0.1, -0.05) is 29.8 Å². The van der Waals surface area contributed by atoms with Crippen molar-refractivity contribution >= 4 is 15.8 Å². The molecule has 2 aromatic heterocycles. The minimum atomic E-state index is -3.71. The Morgan fingerprint density at radius 2 is 1.84 bits per heavy atom. The number of nitrogens with one attached hydrogen (secondary N) is 1. The van der Waals surface area contributed by atoms with Crippen LogP contribution in [0.1, 0.15) is 23.7 Å². The first kappa shape index (κ1) is 17.2. The average Bonchev–Trinajstić information content (AvgIpc) is 3.15. The van der Waals surface area contributed by atoms with Crippen LogP contribution in [-0.4, -0.2) is 28.0 Å². The number of hydrogen-bond acceptors (Lipinski definition) is 4. The summed E-state index contributed by atoms with van der Waals surface area (Å²) < 4.78 is 30.9. The number of anilines is 1. The fraction of sp³-hybridized carbons (Fsp3) is 0.294. The van der Waals surface area contributed by atoms with Crippen molar-refractivity contribution in [1.29, 1.82) is 0 Å². The van der Waals surface area contributed by atoms with Gasteiger partial charge in [-0.15, -0.1) is 0 Å². The van der Waals surface area contributed by atoms with Gasteiger partial charge in [0.05, 0.1) is 18.4 Å². The first-order valence-electron chi connectivity index (χ1n) is 8.03. The van der Waals surface area contributed by atoms with Gasteiger partial charge in [-0.05, 0) is 26.3 Å². The molecule has 1 N–H and O–H groups in total. The molecule has 25 heavy (non-hydrogen) atoms. The van der Waals surface area contributed by atoms with Crippen LogP contribution in [0.2, 0.25) is 0 Å². The Morgan fingerprint density at radius 1 is 1.12 bits per heavy atom. The van der Waals surface area contributed by atoms with Gasteiger partial charge >= 0.3 is 0 Å². The number of sulfonamides is 1. The summed E-state index contributed by atoms with van der Waals surface area (Å²) in [6.45, 7) is 6.88. The molecule has 0 aliphatic carbocycles. The van der Waals surface area contributed by atoms with Crippen LogP contribution in [0.25, 0.3) is 0 Å². The zero-order valence-electron chi connectivity index (χ0n) is 14.5. The van der Waals surface area contributed by atoms with E-state index >= 15 is 0 Å². The molecule has 0 atom stereocenters. The number of hydrogen-bond donors (Lipinski definition) is 1. The molecule has 3 aromatic rings. The summed E-state index contributed by atoms with van der Waals surface area (Å²) in [7, 11) is -3.71. The van der Waals surface area contributed by atoms with Crippen molar-refractivity contribution in [3.63, 3.8) is 0 Å². The summed E-state index contributed by atoms with van der Waals surface area (Å²) in [5, 5.41) is 8.38. The highest BCUT2D eigenvalue weighted by Gasteiger charge is 2.21. The molecule has 7 nitrogen and oxygen atoms in total. The van der Waals surface area contributed by atoms with Crippen molar-refractivity contribution < 1.29 is 8.42 Å². The van der Waals surface area contributed by atoms with Crippen molar-refractivity contribution in [3.8, 4) is 0 Å². The molecular formula is C17H21N5O2S. The lowest BCUT2D eigenvalue weighted by Gasteiger charge is -2.06. The van der Waals surface area contributed by atoms with Crippen molar-refractivity contribution in [3.05, 3.63) is 59.5 Å². The van der Waals surface area contributed by atoms with Gasteiger partial charge in [0, 0.05) is 18.8 Å². The molecule has 132 valence electrons. The maximum absolute atomic E-state index is 12.5. The Morgan fingerprint density at radius 3 is 2.48 bits per heavy atom. The number of rotatable bonds is 6. The molecule has 0 aliphatic rings. The molecule has 2 heterocycles. The number of nitrogens with zero attached hydrogens (tertiary/aromatic N) is 4. The van der Waals surface area contributed by atoms with Crippen LogP contribution in [0.15, 0.2) is 47.6 Å². The molecule has 0 unspecified atom stereocenters. The highest BCUT2D eigenvalue weighted by atomic mass is 32.2. The molecule has 8 heteroatoms. The van der Waals surface area contributed by atoms with Gasteiger partial charge in [0.1, 0.15) is 4.90 Å². The minimum Gasteiger partial charge on any atom is -0.269 e. The number of aromatic nitrogens is 4. The van der Waals surface area contributed by atoms with E-state index in [2.05, 4.69) is 14.9 Å². The summed E-state index contributed by atoms with van der Waals surface area (Å²) in [4.78, 5) is 0.169. The smallest absolute Gasteiger partial charge is 0.266 e. The van der Waals surface area contributed by atoms with Crippen LogP contribution in [0.4, 0.5) is 5.82 Å². The minimum absolute atomic E-state index is 0.169. The van der Waals surface area contributed by atoms with Gasteiger partial charge in [-0.2, -0.15) is 10.2 Å². The Balaban J connectivity index is 1.76. The second-order valence-corrected chi connectivity index (χ2v) is 7.55. The van der Waals surface area contributed by atoms with Crippen LogP contribution in [0.3, 0.4) is 0 Å². The van der Waals surface area contributed by atoms with E-state index in [1.54, 1.807) is 28.6 Å². The van der Waals surface area contributed by atoms with Crippen LogP contribution in [0.5, 0.6) is 0 Å². The van der Waals surface area contributed by atoms with Gasteiger partial charge in [0.25, 0.3) is 10.0 Å². The van der Waals surface area contributed by atoms with E-state index in [0.29, 0.717) is 18.8 Å². The van der Waals surface area contributed by atoms with Crippen molar-refractivity contribution in [2.75, 3.05) is 4.72 Å². The predicted molar refractivity (Wildman–Crippen MR) is 96.0 cm³/mol. The molecule has 1 aromatic carbocycles. The second kappa shape index (κ2) is 6.72. The fourth-order valence-electron chi connectivity index (χ4n) is 2.59. The summed E-state index contributed by atoms with van der Waals surface area (Å²) >= 11 is 0. The Labute approximate surface area is 147 Å². The van der Waals surface area contributed by atoms with Crippen LogP contribution in [0, 0.1) is 13.8 Å².